The predicted molar refractivity (Wildman–Crippen MR) is 136 cm³/mol. The van der Waals surface area contributed by atoms with E-state index in [9.17, 15) is 0 Å². The molecule has 0 radical (unpaired) electrons. The van der Waals surface area contributed by atoms with Crippen LogP contribution in [-0.4, -0.2) is 8.75 Å². The van der Waals surface area contributed by atoms with Gasteiger partial charge in [0.15, 0.2) is 0 Å². The second-order valence-corrected chi connectivity index (χ2v) is 9.12. The van der Waals surface area contributed by atoms with Crippen LogP contribution in [0.3, 0.4) is 0 Å². The van der Waals surface area contributed by atoms with Gasteiger partial charge in [0.2, 0.25) is 5.88 Å². The monoisotopic (exact) mass is 469 g/mol. The summed E-state index contributed by atoms with van der Waals surface area (Å²) >= 11 is 2.39. The number of benzene rings is 3. The summed E-state index contributed by atoms with van der Waals surface area (Å²) in [5.41, 5.74) is 9.60. The number of fused-ring (bicyclic) bond motifs is 2. The molecule has 1 aliphatic heterocycles. The molecule has 0 spiro atoms. The van der Waals surface area contributed by atoms with Crippen molar-refractivity contribution in [1.29, 1.82) is 0 Å². The van der Waals surface area contributed by atoms with E-state index in [0.717, 1.165) is 44.9 Å². The summed E-state index contributed by atoms with van der Waals surface area (Å²) in [6.45, 7) is 6.19. The molecule has 33 heavy (non-hydrogen) atoms. The average Bonchev–Trinajstić information content (AvgIpc) is 3.58. The number of hydrogen-bond donors (Lipinski definition) is 0. The first-order valence-electron chi connectivity index (χ1n) is 10.5. The van der Waals surface area contributed by atoms with E-state index in [1.165, 1.54) is 34.2 Å². The molecule has 5 aromatic rings. The van der Waals surface area contributed by atoms with Crippen LogP contribution in [0.1, 0.15) is 16.7 Å². The first-order chi connectivity index (χ1) is 16.1. The van der Waals surface area contributed by atoms with Crippen LogP contribution in [0.2, 0.25) is 0 Å². The van der Waals surface area contributed by atoms with Crippen LogP contribution in [-0.2, 0) is 11.4 Å². The van der Waals surface area contributed by atoms with Crippen molar-refractivity contribution in [3.63, 3.8) is 0 Å². The highest BCUT2D eigenvalue weighted by atomic mass is 32.1. The van der Waals surface area contributed by atoms with Gasteiger partial charge in [-0.3, -0.25) is 4.90 Å². The summed E-state index contributed by atoms with van der Waals surface area (Å²) in [6.07, 6.45) is 0. The smallest absolute Gasteiger partial charge is 0.205 e. The summed E-state index contributed by atoms with van der Waals surface area (Å²) in [5.74, 6) is 1.41. The molecular formula is C25H19N5OS2. The molecule has 6 rings (SSSR count). The maximum absolute atomic E-state index is 6.50. The van der Waals surface area contributed by atoms with Crippen molar-refractivity contribution < 1.29 is 4.42 Å². The molecule has 0 fully saturated rings. The van der Waals surface area contributed by atoms with Crippen molar-refractivity contribution in [3.05, 3.63) is 77.4 Å². The van der Waals surface area contributed by atoms with Gasteiger partial charge in [-0.15, -0.1) is 0 Å². The summed E-state index contributed by atoms with van der Waals surface area (Å²) < 4.78 is 24.6. The van der Waals surface area contributed by atoms with Gasteiger partial charge in [-0.05, 0) is 51.1 Å². The van der Waals surface area contributed by atoms with Gasteiger partial charge in [-0.2, -0.15) is 17.5 Å². The molecular weight excluding hydrogens is 450 g/mol. The average molecular weight is 470 g/mol. The minimum absolute atomic E-state index is 0.699. The minimum Gasteiger partial charge on any atom is -0.440 e. The van der Waals surface area contributed by atoms with Crippen molar-refractivity contribution in [1.82, 2.24) is 8.75 Å². The highest BCUT2D eigenvalue weighted by Gasteiger charge is 2.26. The van der Waals surface area contributed by atoms with Crippen LogP contribution in [0, 0.1) is 20.8 Å². The maximum Gasteiger partial charge on any atom is 0.205 e. The zero-order valence-electron chi connectivity index (χ0n) is 18.2. The summed E-state index contributed by atoms with van der Waals surface area (Å²) in [5, 5.41) is 0. The molecule has 0 bridgehead atoms. The van der Waals surface area contributed by atoms with Crippen LogP contribution < -0.4 is 4.90 Å². The molecule has 1 aliphatic rings. The lowest BCUT2D eigenvalue weighted by Gasteiger charge is -2.23. The van der Waals surface area contributed by atoms with E-state index < -0.39 is 0 Å². The van der Waals surface area contributed by atoms with E-state index in [4.69, 9.17) is 4.42 Å². The molecule has 0 N–H and O–H groups in total. The lowest BCUT2D eigenvalue weighted by molar-refractivity contribution is 0.589. The zero-order chi connectivity index (χ0) is 22.5. The number of rotatable bonds is 4. The van der Waals surface area contributed by atoms with Crippen LogP contribution in [0.5, 0.6) is 0 Å². The fourth-order valence-corrected chi connectivity index (χ4v) is 5.24. The van der Waals surface area contributed by atoms with E-state index >= 15 is 0 Å². The van der Waals surface area contributed by atoms with Crippen molar-refractivity contribution in [3.8, 4) is 11.3 Å². The second kappa shape index (κ2) is 7.75. The summed E-state index contributed by atoms with van der Waals surface area (Å²) in [6, 6.07) is 20.8. The van der Waals surface area contributed by atoms with Gasteiger partial charge in [0.05, 0.1) is 28.6 Å². The fraction of sp³-hybridized carbons (Fsp3) is 0.120. The minimum atomic E-state index is 0.699. The number of aryl methyl sites for hydroxylation is 3. The van der Waals surface area contributed by atoms with Gasteiger partial charge in [0.1, 0.15) is 28.2 Å². The largest absolute Gasteiger partial charge is 0.440 e. The van der Waals surface area contributed by atoms with Crippen LogP contribution in [0.15, 0.2) is 73.8 Å². The highest BCUT2D eigenvalue weighted by molar-refractivity contribution is 7.58. The third-order valence-electron chi connectivity index (χ3n) is 5.80. The lowest BCUT2D eigenvalue weighted by Crippen LogP contribution is -2.08. The van der Waals surface area contributed by atoms with E-state index in [2.05, 4.69) is 84.8 Å². The standard InChI is InChI=1S/C25H19N5OS2/c1-14-4-8-17(9-5-14)30(18-10-6-15(2)7-11-18)20-13-12-19(31-20)21-24-22(26-32-28-24)16(3)23-25(21)29-33-27-23/h4-13H,1-3H3. The molecule has 0 atom stereocenters. The van der Waals surface area contributed by atoms with Crippen LogP contribution >= 0.6 is 11.7 Å². The van der Waals surface area contributed by atoms with E-state index in [-0.39, 0.29) is 0 Å². The Labute approximate surface area is 198 Å². The summed E-state index contributed by atoms with van der Waals surface area (Å²) in [4.78, 5) is 2.11. The predicted octanol–water partition coefficient (Wildman–Crippen LogP) is 8.07. The van der Waals surface area contributed by atoms with Crippen molar-refractivity contribution in [2.75, 3.05) is 4.90 Å². The molecule has 0 unspecified atom stereocenters. The Morgan fingerprint density at radius 3 is 1.97 bits per heavy atom. The van der Waals surface area contributed by atoms with Gasteiger partial charge in [0, 0.05) is 23.0 Å². The Hall–Kier alpha value is -3.62. The number of anilines is 3. The van der Waals surface area contributed by atoms with E-state index in [1.54, 1.807) is 0 Å². The van der Waals surface area contributed by atoms with Crippen molar-refractivity contribution in [2.24, 2.45) is 8.73 Å². The van der Waals surface area contributed by atoms with Gasteiger partial charge in [0.25, 0.3) is 0 Å². The quantitative estimate of drug-likeness (QED) is 0.262. The zero-order valence-corrected chi connectivity index (χ0v) is 19.9. The SMILES string of the molecule is Cc1ccc(N(c2ccc(C)cc2)c2ccc(-c3c4c(c(C)c5nsnc35)N=S=N4)o2)cc1. The third kappa shape index (κ3) is 3.30. The molecule has 3 heterocycles. The van der Waals surface area contributed by atoms with E-state index in [1.807, 2.05) is 19.1 Å². The van der Waals surface area contributed by atoms with Gasteiger partial charge >= 0.3 is 0 Å². The highest BCUT2D eigenvalue weighted by Crippen LogP contribution is 2.49. The molecule has 0 saturated carbocycles. The Balaban J connectivity index is 1.53. The number of furan rings is 1. The normalized spacial score (nSPS) is 12.2. The third-order valence-corrected chi connectivity index (χ3v) is 6.86. The van der Waals surface area contributed by atoms with E-state index in [0.29, 0.717) is 11.6 Å². The molecule has 3 aromatic carbocycles. The number of aromatic nitrogens is 2. The molecule has 0 amide bonds. The number of nitrogens with zero attached hydrogens (tertiary/aromatic N) is 5. The lowest BCUT2D eigenvalue weighted by atomic mass is 10.0. The molecule has 6 nitrogen and oxygen atoms in total. The second-order valence-electron chi connectivity index (χ2n) is 8.07. The molecule has 8 heteroatoms. The van der Waals surface area contributed by atoms with Crippen molar-refractivity contribution in [2.45, 2.75) is 20.8 Å². The first-order valence-corrected chi connectivity index (χ1v) is 12.0. The Morgan fingerprint density at radius 1 is 0.697 bits per heavy atom. The topological polar surface area (TPSA) is 66.9 Å². The van der Waals surface area contributed by atoms with Gasteiger partial charge < -0.3 is 4.42 Å². The Morgan fingerprint density at radius 2 is 1.30 bits per heavy atom. The first kappa shape index (κ1) is 20.0. The van der Waals surface area contributed by atoms with Gasteiger partial charge in [-0.1, -0.05) is 35.4 Å². The van der Waals surface area contributed by atoms with Crippen molar-refractivity contribution >= 4 is 62.7 Å². The molecule has 162 valence electrons. The Kier molecular flexibility index (Phi) is 4.70. The van der Waals surface area contributed by atoms with Crippen LogP contribution in [0.25, 0.3) is 22.4 Å². The van der Waals surface area contributed by atoms with Gasteiger partial charge in [-0.25, -0.2) is 0 Å². The molecule has 2 aromatic heterocycles. The maximum atomic E-state index is 6.50. The molecule has 0 saturated heterocycles. The summed E-state index contributed by atoms with van der Waals surface area (Å²) in [7, 11) is 0. The fourth-order valence-electron chi connectivity index (χ4n) is 4.03. The molecule has 0 aliphatic carbocycles. The van der Waals surface area contributed by atoms with Crippen LogP contribution in [0.4, 0.5) is 28.6 Å². The number of hydrogen-bond acceptors (Lipinski definition) is 7. The Bertz CT molecular complexity index is 1530.